The second-order valence-corrected chi connectivity index (χ2v) is 4.03. The zero-order chi connectivity index (χ0) is 12.3. The fraction of sp³-hybridized carbons (Fsp3) is 0.385. The van der Waals surface area contributed by atoms with Gasteiger partial charge in [0, 0.05) is 17.0 Å². The van der Waals surface area contributed by atoms with Gasteiger partial charge in [0.2, 0.25) is 0 Å². The third-order valence-corrected chi connectivity index (χ3v) is 2.36. The van der Waals surface area contributed by atoms with Gasteiger partial charge < -0.3 is 4.74 Å². The number of benzene rings is 1. The van der Waals surface area contributed by atoms with Gasteiger partial charge in [-0.2, -0.15) is 0 Å². The molecule has 0 saturated carbocycles. The number of hydrogen-bond donors (Lipinski definition) is 0. The predicted octanol–water partition coefficient (Wildman–Crippen LogP) is 2.74. The first-order valence-corrected chi connectivity index (χ1v) is 5.20. The number of ketones is 2. The van der Waals surface area contributed by atoms with E-state index >= 15 is 0 Å². The number of rotatable bonds is 4. The molecule has 0 aliphatic rings. The Morgan fingerprint density at radius 3 is 2.12 bits per heavy atom. The zero-order valence-corrected chi connectivity index (χ0v) is 10.0. The molecule has 0 atom stereocenters. The molecule has 1 aromatic rings. The molecule has 0 unspecified atom stereocenters. The number of carbonyl (C=O) groups is 2. The minimum atomic E-state index is -0.0908. The number of Topliss-reactive ketones (excluding diaryl/α,β-unsaturated/α-hetero) is 2. The van der Waals surface area contributed by atoms with E-state index in [4.69, 9.17) is 4.74 Å². The van der Waals surface area contributed by atoms with Gasteiger partial charge in [-0.1, -0.05) is 13.8 Å². The number of ether oxygens (including phenoxy) is 1. The Bertz CT molecular complexity index is 419. The summed E-state index contributed by atoms with van der Waals surface area (Å²) in [4.78, 5) is 23.1. The van der Waals surface area contributed by atoms with Crippen molar-refractivity contribution in [1.82, 2.24) is 0 Å². The number of hydrogen-bond acceptors (Lipinski definition) is 3. The van der Waals surface area contributed by atoms with Crippen LogP contribution in [0.5, 0.6) is 5.75 Å². The summed E-state index contributed by atoms with van der Waals surface area (Å²) in [5, 5.41) is 0. The van der Waals surface area contributed by atoms with E-state index in [1.807, 2.05) is 13.8 Å². The van der Waals surface area contributed by atoms with E-state index < -0.39 is 0 Å². The van der Waals surface area contributed by atoms with E-state index in [0.717, 1.165) is 0 Å². The first kappa shape index (κ1) is 12.4. The van der Waals surface area contributed by atoms with Crippen molar-refractivity contribution < 1.29 is 14.3 Å². The van der Waals surface area contributed by atoms with Crippen molar-refractivity contribution in [3.05, 3.63) is 29.3 Å². The second kappa shape index (κ2) is 4.92. The van der Waals surface area contributed by atoms with Crippen LogP contribution in [0.2, 0.25) is 0 Å². The van der Waals surface area contributed by atoms with Crippen LogP contribution < -0.4 is 4.74 Å². The van der Waals surface area contributed by atoms with E-state index in [1.165, 1.54) is 14.0 Å². The first-order chi connectivity index (χ1) is 7.45. The van der Waals surface area contributed by atoms with Gasteiger partial charge in [-0.25, -0.2) is 0 Å². The molecule has 0 amide bonds. The van der Waals surface area contributed by atoms with E-state index in [-0.39, 0.29) is 17.5 Å². The highest BCUT2D eigenvalue weighted by Crippen LogP contribution is 2.19. The highest BCUT2D eigenvalue weighted by Gasteiger charge is 2.14. The van der Waals surface area contributed by atoms with E-state index in [2.05, 4.69) is 0 Å². The summed E-state index contributed by atoms with van der Waals surface area (Å²) in [5.74, 6) is 0.390. The summed E-state index contributed by atoms with van der Waals surface area (Å²) in [5.41, 5.74) is 1.03. The monoisotopic (exact) mass is 220 g/mol. The van der Waals surface area contributed by atoms with Gasteiger partial charge in [0.1, 0.15) is 5.75 Å². The van der Waals surface area contributed by atoms with Crippen molar-refractivity contribution in [3.8, 4) is 5.75 Å². The Morgan fingerprint density at radius 2 is 1.69 bits per heavy atom. The minimum absolute atomic E-state index is 0.0152. The van der Waals surface area contributed by atoms with Gasteiger partial charge in [0.15, 0.2) is 11.6 Å². The van der Waals surface area contributed by atoms with E-state index in [1.54, 1.807) is 18.2 Å². The first-order valence-electron chi connectivity index (χ1n) is 5.20. The highest BCUT2D eigenvalue weighted by molar-refractivity contribution is 6.01. The maximum absolute atomic E-state index is 11.8. The van der Waals surface area contributed by atoms with Crippen molar-refractivity contribution in [2.75, 3.05) is 7.11 Å². The van der Waals surface area contributed by atoms with Crippen LogP contribution in [0.3, 0.4) is 0 Å². The average Bonchev–Trinajstić information content (AvgIpc) is 2.27. The van der Waals surface area contributed by atoms with Gasteiger partial charge in [-0.15, -0.1) is 0 Å². The van der Waals surface area contributed by atoms with Crippen LogP contribution in [0.25, 0.3) is 0 Å². The van der Waals surface area contributed by atoms with Crippen molar-refractivity contribution in [2.45, 2.75) is 20.8 Å². The molecule has 86 valence electrons. The summed E-state index contributed by atoms with van der Waals surface area (Å²) in [6.07, 6.45) is 0. The molecule has 0 spiro atoms. The van der Waals surface area contributed by atoms with Crippen LogP contribution in [-0.2, 0) is 0 Å². The lowest BCUT2D eigenvalue weighted by atomic mass is 9.98. The largest absolute Gasteiger partial charge is 0.497 e. The number of carbonyl (C=O) groups excluding carboxylic acids is 2. The Balaban J connectivity index is 3.24. The SMILES string of the molecule is COc1cc(C(C)=O)cc(C(=O)C(C)C)c1. The summed E-state index contributed by atoms with van der Waals surface area (Å²) in [6.45, 7) is 5.13. The van der Waals surface area contributed by atoms with Crippen molar-refractivity contribution >= 4 is 11.6 Å². The quantitative estimate of drug-likeness (QED) is 0.733. The van der Waals surface area contributed by atoms with E-state index in [0.29, 0.717) is 16.9 Å². The maximum atomic E-state index is 11.8. The Kier molecular flexibility index (Phi) is 3.82. The molecular weight excluding hydrogens is 204 g/mol. The molecule has 0 radical (unpaired) electrons. The van der Waals surface area contributed by atoms with Gasteiger partial charge >= 0.3 is 0 Å². The fourth-order valence-corrected chi connectivity index (χ4v) is 1.40. The molecular formula is C13H16O3. The predicted molar refractivity (Wildman–Crippen MR) is 62.2 cm³/mol. The van der Waals surface area contributed by atoms with Crippen LogP contribution in [0.15, 0.2) is 18.2 Å². The zero-order valence-electron chi connectivity index (χ0n) is 10.0. The van der Waals surface area contributed by atoms with Crippen LogP contribution in [0.4, 0.5) is 0 Å². The molecule has 0 aliphatic heterocycles. The minimum Gasteiger partial charge on any atom is -0.497 e. The molecule has 0 heterocycles. The molecule has 0 fully saturated rings. The van der Waals surface area contributed by atoms with Gasteiger partial charge in [-0.05, 0) is 25.1 Å². The van der Waals surface area contributed by atoms with Crippen LogP contribution in [0.1, 0.15) is 41.5 Å². The van der Waals surface area contributed by atoms with Crippen molar-refractivity contribution in [3.63, 3.8) is 0 Å². The van der Waals surface area contributed by atoms with Crippen LogP contribution in [0, 0.1) is 5.92 Å². The van der Waals surface area contributed by atoms with Crippen LogP contribution in [-0.4, -0.2) is 18.7 Å². The van der Waals surface area contributed by atoms with E-state index in [9.17, 15) is 9.59 Å². The molecule has 16 heavy (non-hydrogen) atoms. The Labute approximate surface area is 95.4 Å². The molecule has 0 N–H and O–H groups in total. The Hall–Kier alpha value is -1.64. The van der Waals surface area contributed by atoms with Crippen LogP contribution >= 0.6 is 0 Å². The molecule has 3 heteroatoms. The second-order valence-electron chi connectivity index (χ2n) is 4.03. The molecule has 1 rings (SSSR count). The van der Waals surface area contributed by atoms with Crippen molar-refractivity contribution in [2.24, 2.45) is 5.92 Å². The standard InChI is InChI=1S/C13H16O3/c1-8(2)13(15)11-5-10(9(3)14)6-12(7-11)16-4/h5-8H,1-4H3. The topological polar surface area (TPSA) is 43.4 Å². The molecule has 0 aliphatic carbocycles. The lowest BCUT2D eigenvalue weighted by Crippen LogP contribution is -2.09. The lowest BCUT2D eigenvalue weighted by Gasteiger charge is -2.08. The summed E-state index contributed by atoms with van der Waals surface area (Å²) >= 11 is 0. The Morgan fingerprint density at radius 1 is 1.12 bits per heavy atom. The molecule has 0 aromatic heterocycles. The smallest absolute Gasteiger partial charge is 0.165 e. The van der Waals surface area contributed by atoms with Gasteiger partial charge in [0.25, 0.3) is 0 Å². The third-order valence-electron chi connectivity index (χ3n) is 2.36. The molecule has 1 aromatic carbocycles. The summed E-state index contributed by atoms with van der Waals surface area (Å²) in [7, 11) is 1.52. The molecule has 0 saturated heterocycles. The third kappa shape index (κ3) is 2.69. The molecule has 0 bridgehead atoms. The summed E-state index contributed by atoms with van der Waals surface area (Å²) in [6, 6.07) is 4.92. The normalized spacial score (nSPS) is 10.3. The highest BCUT2D eigenvalue weighted by atomic mass is 16.5. The molecule has 3 nitrogen and oxygen atoms in total. The lowest BCUT2D eigenvalue weighted by molar-refractivity contribution is 0.0939. The van der Waals surface area contributed by atoms with Gasteiger partial charge in [-0.3, -0.25) is 9.59 Å². The maximum Gasteiger partial charge on any atom is 0.165 e. The van der Waals surface area contributed by atoms with Crippen molar-refractivity contribution in [1.29, 1.82) is 0 Å². The average molecular weight is 220 g/mol. The number of methoxy groups -OCH3 is 1. The summed E-state index contributed by atoms with van der Waals surface area (Å²) < 4.78 is 5.07. The van der Waals surface area contributed by atoms with Gasteiger partial charge in [0.05, 0.1) is 7.11 Å². The fourth-order valence-electron chi connectivity index (χ4n) is 1.40.